The van der Waals surface area contributed by atoms with E-state index in [2.05, 4.69) is 5.32 Å². The van der Waals surface area contributed by atoms with Gasteiger partial charge in [0.05, 0.1) is 6.42 Å². The van der Waals surface area contributed by atoms with E-state index in [4.69, 9.17) is 0 Å². The Morgan fingerprint density at radius 1 is 1.50 bits per heavy atom. The van der Waals surface area contributed by atoms with Gasteiger partial charge in [0.15, 0.2) is 0 Å². The van der Waals surface area contributed by atoms with Crippen LogP contribution < -0.4 is 5.32 Å². The molecular formula is C9H15NO2. The third-order valence-corrected chi connectivity index (χ3v) is 2.13. The quantitative estimate of drug-likeness (QED) is 0.635. The van der Waals surface area contributed by atoms with Gasteiger partial charge in [-0.1, -0.05) is 0 Å². The van der Waals surface area contributed by atoms with Gasteiger partial charge in [-0.05, 0) is 32.6 Å². The molecule has 0 bridgehead atoms. The summed E-state index contributed by atoms with van der Waals surface area (Å²) in [4.78, 5) is 21.6. The lowest BCUT2D eigenvalue weighted by Gasteiger charge is -2.11. The number of carbonyl (C=O) groups is 2. The second-order valence-corrected chi connectivity index (χ2v) is 3.57. The molecule has 1 fully saturated rings. The Hall–Kier alpha value is -0.860. The van der Waals surface area contributed by atoms with E-state index in [9.17, 15) is 9.59 Å². The van der Waals surface area contributed by atoms with Gasteiger partial charge < -0.3 is 5.32 Å². The number of hydrogen-bond acceptors (Lipinski definition) is 2. The molecule has 1 unspecified atom stereocenters. The SMILES string of the molecule is CC(=O)CC(=O)NC(C)C1CC1. The average molecular weight is 169 g/mol. The Kier molecular flexibility index (Phi) is 2.84. The predicted octanol–water partition coefficient (Wildman–Crippen LogP) is 0.880. The zero-order valence-electron chi connectivity index (χ0n) is 7.59. The maximum Gasteiger partial charge on any atom is 0.227 e. The van der Waals surface area contributed by atoms with Crippen molar-refractivity contribution in [2.45, 2.75) is 39.2 Å². The highest BCUT2D eigenvalue weighted by Crippen LogP contribution is 2.32. The number of nitrogens with one attached hydrogen (secondary N) is 1. The Morgan fingerprint density at radius 3 is 2.50 bits per heavy atom. The van der Waals surface area contributed by atoms with Crippen LogP contribution >= 0.6 is 0 Å². The van der Waals surface area contributed by atoms with Crippen LogP contribution in [-0.2, 0) is 9.59 Å². The highest BCUT2D eigenvalue weighted by atomic mass is 16.2. The molecule has 3 nitrogen and oxygen atoms in total. The number of ketones is 1. The van der Waals surface area contributed by atoms with Crippen LogP contribution in [-0.4, -0.2) is 17.7 Å². The lowest BCUT2D eigenvalue weighted by Crippen LogP contribution is -2.34. The van der Waals surface area contributed by atoms with Crippen LogP contribution in [0.3, 0.4) is 0 Å². The van der Waals surface area contributed by atoms with Gasteiger partial charge in [0.1, 0.15) is 5.78 Å². The molecule has 0 aromatic heterocycles. The highest BCUT2D eigenvalue weighted by Gasteiger charge is 2.28. The minimum atomic E-state index is -0.137. The maximum atomic E-state index is 11.1. The summed E-state index contributed by atoms with van der Waals surface area (Å²) in [6, 6.07) is 0.247. The Balaban J connectivity index is 2.20. The van der Waals surface area contributed by atoms with Gasteiger partial charge >= 0.3 is 0 Å². The molecule has 68 valence electrons. The van der Waals surface area contributed by atoms with Gasteiger partial charge in [-0.2, -0.15) is 0 Å². The van der Waals surface area contributed by atoms with E-state index in [0.29, 0.717) is 5.92 Å². The van der Waals surface area contributed by atoms with Gasteiger partial charge in [-0.3, -0.25) is 9.59 Å². The summed E-state index contributed by atoms with van der Waals surface area (Å²) in [5.41, 5.74) is 0. The van der Waals surface area contributed by atoms with E-state index in [0.717, 1.165) is 0 Å². The second-order valence-electron chi connectivity index (χ2n) is 3.57. The van der Waals surface area contributed by atoms with Crippen molar-refractivity contribution in [2.24, 2.45) is 5.92 Å². The molecule has 1 saturated carbocycles. The van der Waals surface area contributed by atoms with E-state index >= 15 is 0 Å². The van der Waals surface area contributed by atoms with Crippen molar-refractivity contribution in [3.8, 4) is 0 Å². The minimum absolute atomic E-state index is 0.0249. The molecule has 0 saturated heterocycles. The highest BCUT2D eigenvalue weighted by molar-refractivity contribution is 5.96. The molecule has 1 aliphatic rings. The zero-order valence-corrected chi connectivity index (χ0v) is 7.59. The molecule has 0 aromatic rings. The second kappa shape index (κ2) is 3.70. The van der Waals surface area contributed by atoms with Crippen LogP contribution in [0, 0.1) is 5.92 Å². The van der Waals surface area contributed by atoms with Crippen molar-refractivity contribution in [1.29, 1.82) is 0 Å². The number of amides is 1. The monoisotopic (exact) mass is 169 g/mol. The first-order valence-electron chi connectivity index (χ1n) is 4.38. The van der Waals surface area contributed by atoms with Gasteiger partial charge in [0.2, 0.25) is 5.91 Å². The van der Waals surface area contributed by atoms with Gasteiger partial charge in [0, 0.05) is 6.04 Å². The summed E-state index contributed by atoms with van der Waals surface area (Å²) >= 11 is 0. The number of hydrogen-bond donors (Lipinski definition) is 1. The minimum Gasteiger partial charge on any atom is -0.353 e. The Labute approximate surface area is 72.5 Å². The molecule has 1 aliphatic carbocycles. The predicted molar refractivity (Wildman–Crippen MR) is 45.6 cm³/mol. The van der Waals surface area contributed by atoms with Crippen LogP contribution in [0.1, 0.15) is 33.1 Å². The third-order valence-electron chi connectivity index (χ3n) is 2.13. The molecular weight excluding hydrogens is 154 g/mol. The summed E-state index contributed by atoms with van der Waals surface area (Å²) in [6.07, 6.45) is 2.44. The van der Waals surface area contributed by atoms with E-state index in [1.165, 1.54) is 19.8 Å². The van der Waals surface area contributed by atoms with Crippen LogP contribution in [0.4, 0.5) is 0 Å². The summed E-state index contributed by atoms with van der Waals surface area (Å²) in [5, 5.41) is 2.81. The fourth-order valence-corrected chi connectivity index (χ4v) is 1.25. The normalized spacial score (nSPS) is 18.5. The standard InChI is InChI=1S/C9H15NO2/c1-6(11)5-9(12)10-7(2)8-3-4-8/h7-8H,3-5H2,1-2H3,(H,10,12). The number of Topliss-reactive ketones (excluding diaryl/α,β-unsaturated/α-hetero) is 1. The van der Waals surface area contributed by atoms with E-state index in [1.807, 2.05) is 6.92 Å². The Morgan fingerprint density at radius 2 is 2.08 bits per heavy atom. The van der Waals surface area contributed by atoms with E-state index in [1.54, 1.807) is 0 Å². The van der Waals surface area contributed by atoms with Crippen molar-refractivity contribution in [1.82, 2.24) is 5.32 Å². The van der Waals surface area contributed by atoms with Crippen LogP contribution in [0.25, 0.3) is 0 Å². The van der Waals surface area contributed by atoms with Crippen LogP contribution in [0.2, 0.25) is 0 Å². The van der Waals surface area contributed by atoms with E-state index < -0.39 is 0 Å². The first-order valence-corrected chi connectivity index (χ1v) is 4.38. The number of carbonyl (C=O) groups excluding carboxylic acids is 2. The molecule has 12 heavy (non-hydrogen) atoms. The molecule has 1 rings (SSSR count). The first-order chi connectivity index (χ1) is 5.59. The van der Waals surface area contributed by atoms with Crippen molar-refractivity contribution in [2.75, 3.05) is 0 Å². The smallest absolute Gasteiger partial charge is 0.227 e. The lowest BCUT2D eigenvalue weighted by atomic mass is 10.2. The first kappa shape index (κ1) is 9.23. The van der Waals surface area contributed by atoms with Crippen molar-refractivity contribution in [3.05, 3.63) is 0 Å². The third kappa shape index (κ3) is 3.03. The maximum absolute atomic E-state index is 11.1. The summed E-state index contributed by atoms with van der Waals surface area (Å²) in [5.74, 6) is 0.443. The lowest BCUT2D eigenvalue weighted by molar-refractivity contribution is -0.127. The van der Waals surface area contributed by atoms with Gasteiger partial charge in [0.25, 0.3) is 0 Å². The van der Waals surface area contributed by atoms with Crippen molar-refractivity contribution in [3.63, 3.8) is 0 Å². The van der Waals surface area contributed by atoms with Crippen LogP contribution in [0.15, 0.2) is 0 Å². The zero-order chi connectivity index (χ0) is 9.14. The molecule has 0 aliphatic heterocycles. The molecule has 3 heteroatoms. The Bertz CT molecular complexity index is 197. The molecule has 0 aromatic carbocycles. The summed E-state index contributed by atoms with van der Waals surface area (Å²) in [7, 11) is 0. The molecule has 1 N–H and O–H groups in total. The molecule has 1 amide bonds. The van der Waals surface area contributed by atoms with Gasteiger partial charge in [-0.15, -0.1) is 0 Å². The summed E-state index contributed by atoms with van der Waals surface area (Å²) in [6.45, 7) is 3.43. The fraction of sp³-hybridized carbons (Fsp3) is 0.778. The summed E-state index contributed by atoms with van der Waals surface area (Å²) < 4.78 is 0. The fourth-order valence-electron chi connectivity index (χ4n) is 1.25. The molecule has 0 heterocycles. The van der Waals surface area contributed by atoms with Crippen LogP contribution in [0.5, 0.6) is 0 Å². The van der Waals surface area contributed by atoms with Gasteiger partial charge in [-0.25, -0.2) is 0 Å². The molecule has 0 radical (unpaired) electrons. The largest absolute Gasteiger partial charge is 0.353 e. The van der Waals surface area contributed by atoms with E-state index in [-0.39, 0.29) is 24.2 Å². The average Bonchev–Trinajstić information content (AvgIpc) is 2.63. The van der Waals surface area contributed by atoms with Crippen molar-refractivity contribution < 1.29 is 9.59 Å². The number of rotatable bonds is 4. The topological polar surface area (TPSA) is 46.2 Å². The molecule has 0 spiro atoms. The molecule has 1 atom stereocenters. The van der Waals surface area contributed by atoms with Crippen molar-refractivity contribution >= 4 is 11.7 Å².